The third-order valence-electron chi connectivity index (χ3n) is 4.70. The number of aromatic nitrogens is 3. The van der Waals surface area contributed by atoms with Gasteiger partial charge in [-0.2, -0.15) is 0 Å². The van der Waals surface area contributed by atoms with E-state index in [9.17, 15) is 4.39 Å². The lowest BCUT2D eigenvalue weighted by Gasteiger charge is -2.14. The van der Waals surface area contributed by atoms with Crippen LogP contribution in [0.3, 0.4) is 0 Å². The van der Waals surface area contributed by atoms with Crippen LogP contribution in [0.1, 0.15) is 5.56 Å². The van der Waals surface area contributed by atoms with E-state index in [-0.39, 0.29) is 5.82 Å². The van der Waals surface area contributed by atoms with Crippen molar-refractivity contribution in [2.75, 3.05) is 14.2 Å². The molecule has 0 N–H and O–H groups in total. The zero-order valence-corrected chi connectivity index (χ0v) is 18.5. The smallest absolute Gasteiger partial charge is 0.196 e. The summed E-state index contributed by atoms with van der Waals surface area (Å²) in [5.74, 6) is 1.83. The highest BCUT2D eigenvalue weighted by atomic mass is 35.5. The van der Waals surface area contributed by atoms with Gasteiger partial charge in [0.05, 0.1) is 19.9 Å². The highest BCUT2D eigenvalue weighted by molar-refractivity contribution is 7.98. The Labute approximate surface area is 188 Å². The van der Waals surface area contributed by atoms with E-state index >= 15 is 0 Å². The Morgan fingerprint density at radius 1 is 0.935 bits per heavy atom. The van der Waals surface area contributed by atoms with E-state index < -0.39 is 0 Å². The number of thioether (sulfide) groups is 1. The highest BCUT2D eigenvalue weighted by Gasteiger charge is 2.19. The van der Waals surface area contributed by atoms with Crippen LogP contribution in [0.25, 0.3) is 17.1 Å². The summed E-state index contributed by atoms with van der Waals surface area (Å²) in [4.78, 5) is 0. The summed E-state index contributed by atoms with van der Waals surface area (Å²) in [7, 11) is 3.17. The Kier molecular flexibility index (Phi) is 6.44. The van der Waals surface area contributed by atoms with Gasteiger partial charge >= 0.3 is 0 Å². The van der Waals surface area contributed by atoms with Crippen LogP contribution in [0, 0.1) is 5.82 Å². The van der Waals surface area contributed by atoms with Gasteiger partial charge in [0.2, 0.25) is 0 Å². The monoisotopic (exact) mass is 455 g/mol. The van der Waals surface area contributed by atoms with Gasteiger partial charge in [-0.3, -0.25) is 4.57 Å². The van der Waals surface area contributed by atoms with Crippen molar-refractivity contribution in [3.63, 3.8) is 0 Å². The third-order valence-corrected chi connectivity index (χ3v) is 6.01. The molecule has 4 rings (SSSR count). The molecule has 0 aliphatic heterocycles. The number of hydrogen-bond acceptors (Lipinski definition) is 5. The zero-order chi connectivity index (χ0) is 21.8. The van der Waals surface area contributed by atoms with Gasteiger partial charge in [0.25, 0.3) is 0 Å². The second-order valence-corrected chi connectivity index (χ2v) is 7.89. The minimum Gasteiger partial charge on any atom is -0.493 e. The Morgan fingerprint density at radius 3 is 2.42 bits per heavy atom. The average molecular weight is 456 g/mol. The molecule has 1 heterocycles. The summed E-state index contributed by atoms with van der Waals surface area (Å²) in [6.45, 7) is 0. The van der Waals surface area contributed by atoms with Gasteiger partial charge in [-0.1, -0.05) is 59.8 Å². The van der Waals surface area contributed by atoms with Gasteiger partial charge in [0.1, 0.15) is 5.82 Å². The number of methoxy groups -OCH3 is 2. The van der Waals surface area contributed by atoms with E-state index in [1.807, 2.05) is 53.1 Å². The molecule has 0 aliphatic rings. The van der Waals surface area contributed by atoms with E-state index in [0.29, 0.717) is 38.8 Å². The van der Waals surface area contributed by atoms with Crippen molar-refractivity contribution in [2.45, 2.75) is 10.9 Å². The Balaban J connectivity index is 1.79. The van der Waals surface area contributed by atoms with Crippen molar-refractivity contribution in [3.8, 4) is 28.6 Å². The molecule has 0 saturated heterocycles. The molecule has 158 valence electrons. The van der Waals surface area contributed by atoms with Crippen molar-refractivity contribution in [2.24, 2.45) is 0 Å². The molecule has 0 fully saturated rings. The van der Waals surface area contributed by atoms with E-state index in [1.54, 1.807) is 26.4 Å². The predicted octanol–water partition coefficient (Wildman–Crippen LogP) is 6.04. The van der Waals surface area contributed by atoms with Gasteiger partial charge in [-0.05, 0) is 24.3 Å². The maximum atomic E-state index is 14.3. The van der Waals surface area contributed by atoms with Crippen LogP contribution in [-0.2, 0) is 5.75 Å². The lowest BCUT2D eigenvalue weighted by molar-refractivity contribution is 0.355. The summed E-state index contributed by atoms with van der Waals surface area (Å²) in [6.07, 6.45) is 0. The van der Waals surface area contributed by atoms with Crippen molar-refractivity contribution in [1.82, 2.24) is 14.8 Å². The first-order valence-corrected chi connectivity index (χ1v) is 10.8. The molecule has 0 atom stereocenters. The number of ether oxygens (including phenoxy) is 2. The molecule has 0 saturated carbocycles. The summed E-state index contributed by atoms with van der Waals surface area (Å²) in [5, 5.41) is 9.78. The maximum Gasteiger partial charge on any atom is 0.196 e. The fourth-order valence-corrected chi connectivity index (χ4v) is 4.44. The Bertz CT molecular complexity index is 1180. The van der Waals surface area contributed by atoms with E-state index in [2.05, 4.69) is 10.2 Å². The van der Waals surface area contributed by atoms with Gasteiger partial charge in [0.15, 0.2) is 22.5 Å². The molecule has 0 aliphatic carbocycles. The molecule has 0 unspecified atom stereocenters. The molecule has 4 aromatic rings. The van der Waals surface area contributed by atoms with Gasteiger partial charge in [0, 0.05) is 28.0 Å². The summed E-state index contributed by atoms with van der Waals surface area (Å²) in [6, 6.07) is 20.0. The molecule has 8 heteroatoms. The lowest BCUT2D eigenvalue weighted by atomic mass is 10.2. The van der Waals surface area contributed by atoms with Crippen LogP contribution in [0.2, 0.25) is 5.02 Å². The SMILES string of the molecule is COc1ccc(-n2c(SCc3c(F)cccc3Cl)nnc2-c2ccccc2)cc1OC. The number of benzene rings is 3. The van der Waals surface area contributed by atoms with Gasteiger partial charge in [-0.25, -0.2) is 4.39 Å². The minimum absolute atomic E-state index is 0.311. The minimum atomic E-state index is -0.347. The molecule has 0 bridgehead atoms. The maximum absolute atomic E-state index is 14.3. The van der Waals surface area contributed by atoms with Crippen molar-refractivity contribution in [1.29, 1.82) is 0 Å². The van der Waals surface area contributed by atoms with Gasteiger partial charge < -0.3 is 9.47 Å². The normalized spacial score (nSPS) is 10.8. The van der Waals surface area contributed by atoms with Crippen molar-refractivity contribution < 1.29 is 13.9 Å². The largest absolute Gasteiger partial charge is 0.493 e. The molecular formula is C23H19ClFN3O2S. The summed E-state index contributed by atoms with van der Waals surface area (Å²) in [5.41, 5.74) is 2.13. The van der Waals surface area contributed by atoms with Crippen LogP contribution in [0.5, 0.6) is 11.5 Å². The van der Waals surface area contributed by atoms with Crippen molar-refractivity contribution >= 4 is 23.4 Å². The second kappa shape index (κ2) is 9.41. The number of hydrogen-bond donors (Lipinski definition) is 0. The van der Waals surface area contributed by atoms with Gasteiger partial charge in [-0.15, -0.1) is 10.2 Å². The number of rotatable bonds is 7. The zero-order valence-electron chi connectivity index (χ0n) is 16.9. The fourth-order valence-electron chi connectivity index (χ4n) is 3.14. The fraction of sp³-hybridized carbons (Fsp3) is 0.130. The van der Waals surface area contributed by atoms with E-state index in [1.165, 1.54) is 17.8 Å². The van der Waals surface area contributed by atoms with Crippen LogP contribution in [-0.4, -0.2) is 29.0 Å². The summed E-state index contributed by atoms with van der Waals surface area (Å²) < 4.78 is 27.0. The first kappa shape index (κ1) is 21.2. The van der Waals surface area contributed by atoms with Crippen LogP contribution in [0.4, 0.5) is 4.39 Å². The Morgan fingerprint density at radius 2 is 1.71 bits per heavy atom. The Hall–Kier alpha value is -3.03. The van der Waals surface area contributed by atoms with Crippen LogP contribution in [0.15, 0.2) is 71.9 Å². The lowest BCUT2D eigenvalue weighted by Crippen LogP contribution is -2.01. The predicted molar refractivity (Wildman–Crippen MR) is 121 cm³/mol. The molecule has 0 spiro atoms. The summed E-state index contributed by atoms with van der Waals surface area (Å²) >= 11 is 7.56. The first-order valence-electron chi connectivity index (χ1n) is 9.41. The molecule has 3 aromatic carbocycles. The average Bonchev–Trinajstić information content (AvgIpc) is 3.22. The molecule has 5 nitrogen and oxygen atoms in total. The second-order valence-electron chi connectivity index (χ2n) is 6.54. The molecular weight excluding hydrogens is 437 g/mol. The quantitative estimate of drug-likeness (QED) is 0.318. The van der Waals surface area contributed by atoms with Crippen molar-refractivity contribution in [3.05, 3.63) is 83.1 Å². The molecule has 1 aromatic heterocycles. The number of nitrogens with zero attached hydrogens (tertiary/aromatic N) is 3. The van der Waals surface area contributed by atoms with Crippen LogP contribution < -0.4 is 9.47 Å². The topological polar surface area (TPSA) is 49.2 Å². The molecule has 0 amide bonds. The third kappa shape index (κ3) is 4.38. The molecule has 31 heavy (non-hydrogen) atoms. The standard InChI is InChI=1S/C23H19ClFN3O2S/c1-29-20-12-11-16(13-21(20)30-2)28-22(15-7-4-3-5-8-15)26-27-23(28)31-14-17-18(24)9-6-10-19(17)25/h3-13H,14H2,1-2H3. The molecule has 0 radical (unpaired) electrons. The van der Waals surface area contributed by atoms with E-state index in [0.717, 1.165) is 11.3 Å². The van der Waals surface area contributed by atoms with E-state index in [4.69, 9.17) is 21.1 Å². The van der Waals surface area contributed by atoms with Crippen LogP contribution >= 0.6 is 23.4 Å². The highest BCUT2D eigenvalue weighted by Crippen LogP contribution is 2.35. The number of halogens is 2. The first-order chi connectivity index (χ1) is 15.1.